The lowest BCUT2D eigenvalue weighted by atomic mass is 10.2. The Morgan fingerprint density at radius 1 is 1.60 bits per heavy atom. The maximum atomic E-state index is 10.7. The number of alkyl halides is 1. The van der Waals surface area contributed by atoms with Gasteiger partial charge in [0.05, 0.1) is 5.56 Å². The van der Waals surface area contributed by atoms with Gasteiger partial charge in [-0.3, -0.25) is 0 Å². The Hall–Kier alpha value is -0.780. The summed E-state index contributed by atoms with van der Waals surface area (Å²) in [6.07, 6.45) is 1.10. The fraction of sp³-hybridized carbons (Fsp3) is 0.364. The molecule has 15 heavy (non-hydrogen) atoms. The third kappa shape index (κ3) is 4.07. The van der Waals surface area contributed by atoms with E-state index in [0.29, 0.717) is 9.49 Å². The number of nitrogens with one attached hydrogen (secondary N) is 1. The standard InChI is InChI=1S/C11H14INO2/c1-2-9(12)7-13-10-5-3-4-8(6-10)11(14)15/h3-6,9,13H,2,7H2,1H3,(H,14,15). The molecular weight excluding hydrogens is 305 g/mol. The van der Waals surface area contributed by atoms with Crippen LogP contribution in [0.3, 0.4) is 0 Å². The third-order valence-electron chi connectivity index (χ3n) is 2.08. The lowest BCUT2D eigenvalue weighted by molar-refractivity contribution is 0.0697. The molecule has 1 aromatic carbocycles. The topological polar surface area (TPSA) is 49.3 Å². The molecule has 1 rings (SSSR count). The van der Waals surface area contributed by atoms with Crippen LogP contribution in [0.25, 0.3) is 0 Å². The Labute approximate surface area is 103 Å². The molecule has 0 heterocycles. The van der Waals surface area contributed by atoms with Crippen molar-refractivity contribution in [3.05, 3.63) is 29.8 Å². The number of halogens is 1. The van der Waals surface area contributed by atoms with Crippen molar-refractivity contribution in [2.45, 2.75) is 17.3 Å². The first-order chi connectivity index (χ1) is 7.13. The number of carboxylic acids is 1. The highest BCUT2D eigenvalue weighted by Gasteiger charge is 2.04. The summed E-state index contributed by atoms with van der Waals surface area (Å²) in [6.45, 7) is 2.99. The molecule has 0 aliphatic rings. The van der Waals surface area contributed by atoms with E-state index < -0.39 is 5.97 Å². The van der Waals surface area contributed by atoms with Crippen molar-refractivity contribution in [3.8, 4) is 0 Å². The summed E-state index contributed by atoms with van der Waals surface area (Å²) in [5, 5.41) is 12.0. The third-order valence-corrected chi connectivity index (χ3v) is 3.40. The number of rotatable bonds is 5. The maximum absolute atomic E-state index is 10.7. The second kappa shape index (κ2) is 5.95. The SMILES string of the molecule is CCC(I)CNc1cccc(C(=O)O)c1. The van der Waals surface area contributed by atoms with E-state index in [4.69, 9.17) is 5.11 Å². The highest BCUT2D eigenvalue weighted by molar-refractivity contribution is 14.1. The van der Waals surface area contributed by atoms with Crippen LogP contribution < -0.4 is 5.32 Å². The molecule has 1 unspecified atom stereocenters. The van der Waals surface area contributed by atoms with E-state index in [9.17, 15) is 4.79 Å². The molecule has 0 bridgehead atoms. The largest absolute Gasteiger partial charge is 0.478 e. The van der Waals surface area contributed by atoms with Crippen molar-refractivity contribution in [1.82, 2.24) is 0 Å². The first kappa shape index (κ1) is 12.3. The molecule has 0 aromatic heterocycles. The monoisotopic (exact) mass is 319 g/mol. The van der Waals surface area contributed by atoms with E-state index in [2.05, 4.69) is 34.8 Å². The molecule has 0 fully saturated rings. The van der Waals surface area contributed by atoms with E-state index in [-0.39, 0.29) is 0 Å². The molecule has 0 radical (unpaired) electrons. The summed E-state index contributed by atoms with van der Waals surface area (Å²) in [4.78, 5) is 10.7. The molecule has 0 spiro atoms. The molecule has 0 aliphatic heterocycles. The second-order valence-corrected chi connectivity index (χ2v) is 5.03. The zero-order valence-electron chi connectivity index (χ0n) is 8.53. The summed E-state index contributed by atoms with van der Waals surface area (Å²) >= 11 is 2.38. The fourth-order valence-electron chi connectivity index (χ4n) is 1.14. The average Bonchev–Trinajstić information content (AvgIpc) is 2.26. The van der Waals surface area contributed by atoms with Crippen LogP contribution in [0.15, 0.2) is 24.3 Å². The predicted octanol–water partition coefficient (Wildman–Crippen LogP) is 3.01. The van der Waals surface area contributed by atoms with Gasteiger partial charge in [-0.2, -0.15) is 0 Å². The van der Waals surface area contributed by atoms with Gasteiger partial charge in [0.2, 0.25) is 0 Å². The van der Waals surface area contributed by atoms with Crippen LogP contribution in [0.1, 0.15) is 23.7 Å². The molecule has 1 atom stereocenters. The Morgan fingerprint density at radius 3 is 2.93 bits per heavy atom. The summed E-state index contributed by atoms with van der Waals surface area (Å²) in [6, 6.07) is 6.88. The average molecular weight is 319 g/mol. The van der Waals surface area contributed by atoms with Crippen LogP contribution in [0.4, 0.5) is 5.69 Å². The van der Waals surface area contributed by atoms with Gasteiger partial charge in [-0.15, -0.1) is 0 Å². The number of carboxylic acid groups (broad SMARTS) is 1. The molecule has 0 aliphatic carbocycles. The minimum atomic E-state index is -0.889. The lowest BCUT2D eigenvalue weighted by Crippen LogP contribution is -2.12. The molecule has 0 saturated heterocycles. The van der Waals surface area contributed by atoms with Crippen LogP contribution in [0.2, 0.25) is 0 Å². The van der Waals surface area contributed by atoms with Gasteiger partial charge in [0, 0.05) is 16.2 Å². The van der Waals surface area contributed by atoms with Gasteiger partial charge in [0.15, 0.2) is 0 Å². The number of aromatic carboxylic acids is 1. The van der Waals surface area contributed by atoms with E-state index in [1.54, 1.807) is 18.2 Å². The number of hydrogen-bond donors (Lipinski definition) is 2. The summed E-state index contributed by atoms with van der Waals surface area (Å²) in [5.74, 6) is -0.889. The Balaban J connectivity index is 2.62. The molecular formula is C11H14INO2. The van der Waals surface area contributed by atoms with Crippen LogP contribution in [-0.2, 0) is 0 Å². The van der Waals surface area contributed by atoms with Gasteiger partial charge in [-0.1, -0.05) is 35.6 Å². The molecule has 1 aromatic rings. The van der Waals surface area contributed by atoms with Crippen LogP contribution >= 0.6 is 22.6 Å². The van der Waals surface area contributed by atoms with Gasteiger partial charge in [0.25, 0.3) is 0 Å². The van der Waals surface area contributed by atoms with Crippen molar-refractivity contribution >= 4 is 34.2 Å². The van der Waals surface area contributed by atoms with E-state index in [1.165, 1.54) is 0 Å². The highest BCUT2D eigenvalue weighted by Crippen LogP contribution is 2.12. The van der Waals surface area contributed by atoms with Crippen molar-refractivity contribution in [2.24, 2.45) is 0 Å². The first-order valence-corrected chi connectivity index (χ1v) is 6.09. The molecule has 0 saturated carbocycles. The highest BCUT2D eigenvalue weighted by atomic mass is 127. The fourth-order valence-corrected chi connectivity index (χ4v) is 1.36. The van der Waals surface area contributed by atoms with Crippen molar-refractivity contribution in [3.63, 3.8) is 0 Å². The number of hydrogen-bond acceptors (Lipinski definition) is 2. The van der Waals surface area contributed by atoms with Crippen molar-refractivity contribution in [1.29, 1.82) is 0 Å². The van der Waals surface area contributed by atoms with Gasteiger partial charge in [-0.05, 0) is 24.6 Å². The Morgan fingerprint density at radius 2 is 2.33 bits per heavy atom. The summed E-state index contributed by atoms with van der Waals surface area (Å²) < 4.78 is 0.566. The number of anilines is 1. The molecule has 2 N–H and O–H groups in total. The van der Waals surface area contributed by atoms with Gasteiger partial charge in [0.1, 0.15) is 0 Å². The molecule has 82 valence electrons. The zero-order chi connectivity index (χ0) is 11.3. The minimum Gasteiger partial charge on any atom is -0.478 e. The Bertz CT molecular complexity index is 341. The summed E-state index contributed by atoms with van der Waals surface area (Å²) in [7, 11) is 0. The quantitative estimate of drug-likeness (QED) is 0.648. The van der Waals surface area contributed by atoms with Crippen molar-refractivity contribution < 1.29 is 9.90 Å². The minimum absolute atomic E-state index is 0.321. The van der Waals surface area contributed by atoms with E-state index >= 15 is 0 Å². The lowest BCUT2D eigenvalue weighted by Gasteiger charge is -2.10. The van der Waals surface area contributed by atoms with Crippen molar-refractivity contribution in [2.75, 3.05) is 11.9 Å². The molecule has 3 nitrogen and oxygen atoms in total. The first-order valence-electron chi connectivity index (χ1n) is 4.84. The van der Waals surface area contributed by atoms with Gasteiger partial charge in [-0.25, -0.2) is 4.79 Å². The predicted molar refractivity (Wildman–Crippen MR) is 70.0 cm³/mol. The maximum Gasteiger partial charge on any atom is 0.335 e. The van der Waals surface area contributed by atoms with Gasteiger partial charge >= 0.3 is 5.97 Å². The van der Waals surface area contributed by atoms with Crippen LogP contribution in [0.5, 0.6) is 0 Å². The number of benzene rings is 1. The van der Waals surface area contributed by atoms with Crippen LogP contribution in [-0.4, -0.2) is 21.5 Å². The van der Waals surface area contributed by atoms with Crippen LogP contribution in [0, 0.1) is 0 Å². The smallest absolute Gasteiger partial charge is 0.335 e. The summed E-state index contributed by atoms with van der Waals surface area (Å²) in [5.41, 5.74) is 1.19. The second-order valence-electron chi connectivity index (χ2n) is 3.27. The normalized spacial score (nSPS) is 12.1. The number of carbonyl (C=O) groups is 1. The van der Waals surface area contributed by atoms with E-state index in [0.717, 1.165) is 18.7 Å². The Kier molecular flexibility index (Phi) is 4.87. The molecule has 0 amide bonds. The van der Waals surface area contributed by atoms with Gasteiger partial charge < -0.3 is 10.4 Å². The zero-order valence-corrected chi connectivity index (χ0v) is 10.7. The van der Waals surface area contributed by atoms with E-state index in [1.807, 2.05) is 6.07 Å². The molecule has 4 heteroatoms.